The molecule has 15 atom stereocenters. The van der Waals surface area contributed by atoms with Crippen LogP contribution in [0, 0.1) is 0 Å². The molecule has 12 rings (SSSR count). The zero-order chi connectivity index (χ0) is 61.2. The van der Waals surface area contributed by atoms with Crippen LogP contribution in [0.2, 0.25) is 0 Å². The lowest BCUT2D eigenvalue weighted by molar-refractivity contribution is -0.166. The Balaban J connectivity index is 0.000000150. The number of ether oxygens (including phenoxy) is 9. The second kappa shape index (κ2) is 28.8. The van der Waals surface area contributed by atoms with Gasteiger partial charge in [0.2, 0.25) is 0 Å². The average Bonchev–Trinajstić information content (AvgIpc) is 2.31. The highest BCUT2D eigenvalue weighted by molar-refractivity contribution is 5.84. The first-order valence-electron chi connectivity index (χ1n) is 27.6. The van der Waals surface area contributed by atoms with E-state index in [0.717, 1.165) is 19.3 Å². The van der Waals surface area contributed by atoms with Crippen LogP contribution >= 0.6 is 0 Å². The van der Waals surface area contributed by atoms with Gasteiger partial charge in [-0.2, -0.15) is 0 Å². The molecule has 35 nitrogen and oxygen atoms in total. The monoisotopic (exact) mass is 1210 g/mol. The van der Waals surface area contributed by atoms with Crippen molar-refractivity contribution < 1.29 is 97.6 Å². The number of esters is 3. The van der Waals surface area contributed by atoms with Crippen molar-refractivity contribution in [3.63, 3.8) is 0 Å². The van der Waals surface area contributed by atoms with Crippen molar-refractivity contribution >= 4 is 74.8 Å². The number of aromatic nitrogens is 12. The predicted molar refractivity (Wildman–Crippen MR) is 290 cm³/mol. The van der Waals surface area contributed by atoms with Crippen LogP contribution in [-0.4, -0.2) is 251 Å². The van der Waals surface area contributed by atoms with Gasteiger partial charge in [0.05, 0.1) is 70.1 Å². The van der Waals surface area contributed by atoms with E-state index in [4.69, 9.17) is 47.7 Å². The van der Waals surface area contributed by atoms with Gasteiger partial charge in [0, 0.05) is 47.0 Å². The zero-order valence-corrected chi connectivity index (χ0v) is 47.1. The van der Waals surface area contributed by atoms with E-state index >= 15 is 0 Å². The maximum absolute atomic E-state index is 11.9. The van der Waals surface area contributed by atoms with E-state index in [1.165, 1.54) is 67.9 Å². The first-order valence-corrected chi connectivity index (χ1v) is 27.6. The summed E-state index contributed by atoms with van der Waals surface area (Å²) in [5.41, 5.74) is 2.94. The van der Waals surface area contributed by atoms with Crippen molar-refractivity contribution in [3.05, 3.63) is 38.0 Å². The Bertz CT molecular complexity index is 3120. The molecule has 10 N–H and O–H groups in total. The minimum Gasteiger partial charge on any atom is -0.481 e. The number of aliphatic hydroxyl groups excluding tert-OH is 6. The number of anilines is 3. The third-order valence-electron chi connectivity index (χ3n) is 14.4. The van der Waals surface area contributed by atoms with Gasteiger partial charge in [-0.3, -0.25) is 32.9 Å². The molecule has 0 radical (unpaired) electrons. The molecule has 468 valence electrons. The molecule has 0 saturated carbocycles. The van der Waals surface area contributed by atoms with Crippen molar-refractivity contribution in [2.45, 2.75) is 145 Å². The summed E-state index contributed by atoms with van der Waals surface area (Å²) in [5, 5.41) is 76.2. The molecule has 6 aliphatic rings. The van der Waals surface area contributed by atoms with E-state index in [-0.39, 0.29) is 44.4 Å². The van der Waals surface area contributed by atoms with Crippen LogP contribution in [0.25, 0.3) is 33.5 Å². The maximum Gasteiger partial charge on any atom is 0.303 e. The average molecular weight is 1210 g/mol. The van der Waals surface area contributed by atoms with Crippen LogP contribution in [0.15, 0.2) is 38.0 Å². The molecule has 0 aromatic carbocycles. The van der Waals surface area contributed by atoms with Crippen molar-refractivity contribution in [1.82, 2.24) is 58.6 Å². The predicted octanol–water partition coefficient (Wildman–Crippen LogP) is -1.89. The number of fused-ring (bicyclic) bond motifs is 3. The molecular weight excluding hydrogens is 1140 g/mol. The molecule has 86 heavy (non-hydrogen) atoms. The summed E-state index contributed by atoms with van der Waals surface area (Å²) in [6, 6.07) is 0.440. The molecule has 35 heteroatoms. The second-order valence-electron chi connectivity index (χ2n) is 20.5. The summed E-state index contributed by atoms with van der Waals surface area (Å²) in [6.07, 6.45) is -0.548. The van der Waals surface area contributed by atoms with Gasteiger partial charge in [-0.1, -0.05) is 6.92 Å². The fourth-order valence-corrected chi connectivity index (χ4v) is 10.1. The third-order valence-corrected chi connectivity index (χ3v) is 14.4. The highest BCUT2D eigenvalue weighted by atomic mass is 16.7. The van der Waals surface area contributed by atoms with Gasteiger partial charge in [0.25, 0.3) is 0 Å². The number of hydrogen-bond acceptors (Lipinski definition) is 31. The van der Waals surface area contributed by atoms with E-state index < -0.39 is 97.5 Å². The summed E-state index contributed by atoms with van der Waals surface area (Å²) in [6.45, 7) is 8.23. The lowest BCUT2D eigenvalue weighted by Crippen LogP contribution is -2.40. The second-order valence-corrected chi connectivity index (χ2v) is 20.5. The van der Waals surface area contributed by atoms with E-state index in [1.54, 1.807) is 11.5 Å². The highest BCUT2D eigenvalue weighted by Gasteiger charge is 2.51. The van der Waals surface area contributed by atoms with E-state index in [2.05, 4.69) is 60.8 Å². The van der Waals surface area contributed by atoms with Gasteiger partial charge in [0.15, 0.2) is 81.8 Å². The Hall–Kier alpha value is -7.55. The van der Waals surface area contributed by atoms with Crippen LogP contribution in [0.3, 0.4) is 0 Å². The lowest BCUT2D eigenvalue weighted by atomic mass is 10.1. The fourth-order valence-electron chi connectivity index (χ4n) is 10.1. The topological polar surface area (TPSA) is 460 Å². The normalized spacial score (nSPS) is 29.3. The Kier molecular flexibility index (Phi) is 21.1. The SMILES string of the molecule is CC(=O)OCC1OC(n2cnc3c(NC4CCOC4)ncnc32)C(OC(C)=O)C1OC(C)=O.CCC(=O)O.OCC1OC(n2cnc3c(NC4CCOC4)ncnc32)C(O)C1O.OCC1OC(n2cnc3c(NC4CCOC4)ncnc32)C(O)C1O. The Morgan fingerprint density at radius 2 is 0.884 bits per heavy atom. The van der Waals surface area contributed by atoms with Crippen LogP contribution in [-0.2, 0) is 61.8 Å². The number of hydrogen-bond donors (Lipinski definition) is 10. The van der Waals surface area contributed by atoms with Gasteiger partial charge < -0.3 is 94.3 Å². The van der Waals surface area contributed by atoms with Crippen LogP contribution in [0.5, 0.6) is 0 Å². The first-order chi connectivity index (χ1) is 41.5. The van der Waals surface area contributed by atoms with Gasteiger partial charge >= 0.3 is 23.9 Å². The van der Waals surface area contributed by atoms with Crippen LogP contribution < -0.4 is 16.0 Å². The van der Waals surface area contributed by atoms with Crippen molar-refractivity contribution in [3.8, 4) is 0 Å². The minimum atomic E-state index is -1.19. The standard InChI is InChI=1S/C20H25N5O8.2C14H19N5O5.C3H6O2/c1-10(26)30-7-14-16(31-11(2)27)17(32-12(3)28)20(33-14)25-9-23-15-18(21-8-22-19(15)25)24-13-4-5-29-6-13;2*20-3-8-10(21)11(22)14(24-8)19-6-17-9-12(15-5-16-13(9)19)18-7-1-2-23-4-7;1-2-3(4)5/h8-9,13-14,16-17,20H,4-7H2,1-3H3,(H,21,22,24);2*5-8,10-11,14,20-22H,1-4H2,(H,15,16,18);2H2,1H3,(H,4,5). The number of imidazole rings is 3. The lowest BCUT2D eigenvalue weighted by Gasteiger charge is -2.23. The van der Waals surface area contributed by atoms with Gasteiger partial charge in [-0.05, 0) is 19.3 Å². The number of carbonyl (C=O) groups excluding carboxylic acids is 3. The largest absolute Gasteiger partial charge is 0.481 e. The summed E-state index contributed by atoms with van der Waals surface area (Å²) in [4.78, 5) is 82.9. The summed E-state index contributed by atoms with van der Waals surface area (Å²) in [7, 11) is 0. The molecule has 0 spiro atoms. The fraction of sp³-hybridized carbons (Fsp3) is 0.627. The molecule has 15 unspecified atom stereocenters. The summed E-state index contributed by atoms with van der Waals surface area (Å²) in [5.74, 6) is -0.768. The highest BCUT2D eigenvalue weighted by Crippen LogP contribution is 2.38. The van der Waals surface area contributed by atoms with Gasteiger partial charge in [-0.15, -0.1) is 0 Å². The number of rotatable bonds is 16. The number of carboxylic acids is 1. The third kappa shape index (κ3) is 14.5. The molecule has 0 amide bonds. The number of aliphatic hydroxyl groups is 6. The Morgan fingerprint density at radius 3 is 1.20 bits per heavy atom. The number of carbonyl (C=O) groups is 4. The first kappa shape index (κ1) is 63.0. The van der Waals surface area contributed by atoms with E-state index in [0.29, 0.717) is 90.6 Å². The molecular formula is C51H69N15O20. The summed E-state index contributed by atoms with van der Waals surface area (Å²) >= 11 is 0. The molecule has 6 aromatic heterocycles. The minimum absolute atomic E-state index is 0.103. The Labute approximate surface area is 488 Å². The molecule has 6 saturated heterocycles. The number of nitrogens with one attached hydrogen (secondary N) is 3. The zero-order valence-electron chi connectivity index (χ0n) is 47.1. The number of nitrogens with zero attached hydrogens (tertiary/aromatic N) is 12. The summed E-state index contributed by atoms with van der Waals surface area (Å²) < 4.78 is 53.8. The molecule has 12 heterocycles. The molecule has 0 aliphatic carbocycles. The van der Waals surface area contributed by atoms with Gasteiger partial charge in [0.1, 0.15) is 68.3 Å². The smallest absolute Gasteiger partial charge is 0.303 e. The maximum atomic E-state index is 11.9. The van der Waals surface area contributed by atoms with Gasteiger partial charge in [-0.25, -0.2) is 44.9 Å². The van der Waals surface area contributed by atoms with Crippen LogP contribution in [0.1, 0.15) is 72.1 Å². The van der Waals surface area contributed by atoms with Crippen molar-refractivity contribution in [2.24, 2.45) is 0 Å². The molecule has 6 aliphatic heterocycles. The van der Waals surface area contributed by atoms with E-state index in [1.807, 2.05) is 0 Å². The van der Waals surface area contributed by atoms with Crippen molar-refractivity contribution in [1.29, 1.82) is 0 Å². The quantitative estimate of drug-likeness (QED) is 0.0374. The molecule has 0 bridgehead atoms. The Morgan fingerprint density at radius 1 is 0.523 bits per heavy atom. The van der Waals surface area contributed by atoms with Crippen LogP contribution in [0.4, 0.5) is 17.5 Å². The molecule has 6 aromatic rings. The number of carboxylic acid groups (broad SMARTS) is 1. The molecule has 6 fully saturated rings. The number of aliphatic carboxylic acids is 1. The van der Waals surface area contributed by atoms with E-state index in [9.17, 15) is 49.8 Å². The van der Waals surface area contributed by atoms with Crippen molar-refractivity contribution in [2.75, 3.05) is 75.4 Å².